The zero-order valence-corrected chi connectivity index (χ0v) is 16.1. The third-order valence-electron chi connectivity index (χ3n) is 6.64. The van der Waals surface area contributed by atoms with E-state index in [1.54, 1.807) is 0 Å². The summed E-state index contributed by atoms with van der Waals surface area (Å²) in [6.45, 7) is 1.95. The molecule has 0 radical (unpaired) electrons. The SMILES string of the molecule is Cc1cc(Br)ccc1N1C(=O)[C@@H]2[C@@H]3C[C@@H]([C@@H]2C1=O)[C@@H](c1ccccc1)C3. The second kappa shape index (κ2) is 5.78. The number of carbonyl (C=O) groups excluding carboxylic acids is 2. The van der Waals surface area contributed by atoms with Crippen LogP contribution in [0.25, 0.3) is 0 Å². The minimum absolute atomic E-state index is 0.0125. The van der Waals surface area contributed by atoms with Gasteiger partial charge in [0.2, 0.25) is 11.8 Å². The number of anilines is 1. The average molecular weight is 410 g/mol. The molecule has 2 aromatic rings. The van der Waals surface area contributed by atoms with Gasteiger partial charge in [-0.25, -0.2) is 4.90 Å². The van der Waals surface area contributed by atoms with Gasteiger partial charge in [-0.15, -0.1) is 0 Å². The molecule has 0 unspecified atom stereocenters. The van der Waals surface area contributed by atoms with E-state index in [2.05, 4.69) is 40.2 Å². The maximum atomic E-state index is 13.3. The molecule has 2 bridgehead atoms. The van der Waals surface area contributed by atoms with Crippen molar-refractivity contribution in [2.24, 2.45) is 23.7 Å². The highest BCUT2D eigenvalue weighted by atomic mass is 79.9. The topological polar surface area (TPSA) is 37.4 Å². The van der Waals surface area contributed by atoms with Crippen LogP contribution in [-0.4, -0.2) is 11.8 Å². The van der Waals surface area contributed by atoms with Crippen LogP contribution >= 0.6 is 15.9 Å². The highest BCUT2D eigenvalue weighted by Crippen LogP contribution is 2.62. The van der Waals surface area contributed by atoms with E-state index >= 15 is 0 Å². The summed E-state index contributed by atoms with van der Waals surface area (Å²) in [6.07, 6.45) is 2.04. The van der Waals surface area contributed by atoms with Gasteiger partial charge in [0.05, 0.1) is 17.5 Å². The zero-order valence-electron chi connectivity index (χ0n) is 14.6. The van der Waals surface area contributed by atoms with Gasteiger partial charge in [-0.3, -0.25) is 9.59 Å². The van der Waals surface area contributed by atoms with Crippen LogP contribution in [0.1, 0.15) is 29.9 Å². The Morgan fingerprint density at radius 3 is 2.42 bits per heavy atom. The van der Waals surface area contributed by atoms with Gasteiger partial charge in [0.15, 0.2) is 0 Å². The third-order valence-corrected chi connectivity index (χ3v) is 7.14. The second-order valence-electron chi connectivity index (χ2n) is 7.91. The molecule has 5 rings (SSSR count). The van der Waals surface area contributed by atoms with Gasteiger partial charge in [-0.05, 0) is 66.8 Å². The van der Waals surface area contributed by atoms with E-state index in [4.69, 9.17) is 0 Å². The van der Waals surface area contributed by atoms with Gasteiger partial charge in [-0.2, -0.15) is 0 Å². The van der Waals surface area contributed by atoms with Crippen molar-refractivity contribution in [1.82, 2.24) is 0 Å². The highest BCUT2D eigenvalue weighted by Gasteiger charge is 2.64. The number of benzene rings is 2. The number of halogens is 1. The summed E-state index contributed by atoms with van der Waals surface area (Å²) in [5, 5.41) is 0. The largest absolute Gasteiger partial charge is 0.274 e. The van der Waals surface area contributed by atoms with Gasteiger partial charge in [-0.1, -0.05) is 46.3 Å². The van der Waals surface area contributed by atoms with Crippen LogP contribution in [0.3, 0.4) is 0 Å². The Bertz CT molecular complexity index is 910. The fourth-order valence-electron chi connectivity index (χ4n) is 5.65. The number of fused-ring (bicyclic) bond motifs is 5. The van der Waals surface area contributed by atoms with Crippen LogP contribution in [0.4, 0.5) is 5.69 Å². The summed E-state index contributed by atoms with van der Waals surface area (Å²) < 4.78 is 0.960. The van der Waals surface area contributed by atoms with Crippen molar-refractivity contribution in [1.29, 1.82) is 0 Å². The first-order valence-electron chi connectivity index (χ1n) is 9.25. The number of nitrogens with zero attached hydrogens (tertiary/aromatic N) is 1. The Morgan fingerprint density at radius 1 is 0.962 bits per heavy atom. The van der Waals surface area contributed by atoms with Crippen LogP contribution in [-0.2, 0) is 9.59 Å². The molecule has 2 saturated carbocycles. The molecule has 1 saturated heterocycles. The fourth-order valence-corrected chi connectivity index (χ4v) is 6.13. The van der Waals surface area contributed by atoms with Gasteiger partial charge >= 0.3 is 0 Å². The lowest BCUT2D eigenvalue weighted by molar-refractivity contribution is -0.123. The third kappa shape index (κ3) is 2.18. The molecule has 2 amide bonds. The molecule has 0 aromatic heterocycles. The smallest absolute Gasteiger partial charge is 0.238 e. The molecule has 3 aliphatic rings. The summed E-state index contributed by atoms with van der Waals surface area (Å²) >= 11 is 3.46. The lowest BCUT2D eigenvalue weighted by Crippen LogP contribution is -2.33. The van der Waals surface area contributed by atoms with Crippen LogP contribution in [0.5, 0.6) is 0 Å². The van der Waals surface area contributed by atoms with Crippen LogP contribution in [0, 0.1) is 30.6 Å². The molecule has 1 aliphatic heterocycles. The monoisotopic (exact) mass is 409 g/mol. The van der Waals surface area contributed by atoms with Gasteiger partial charge < -0.3 is 0 Å². The Kier molecular flexibility index (Phi) is 3.61. The Hall–Kier alpha value is -1.94. The Labute approximate surface area is 161 Å². The van der Waals surface area contributed by atoms with Crippen LogP contribution in [0.15, 0.2) is 53.0 Å². The number of hydrogen-bond acceptors (Lipinski definition) is 2. The standard InChI is InChI=1S/C22H20BrNO2/c1-12-9-15(23)7-8-18(12)24-21(25)19-14-10-16(13-5-3-2-4-6-13)17(11-14)20(19)22(24)26/h2-9,14,16-17,19-20H,10-11H2,1H3/t14-,16+,17+,19+,20-/m0/s1. The van der Waals surface area contributed by atoms with E-state index in [0.717, 1.165) is 28.6 Å². The van der Waals surface area contributed by atoms with E-state index < -0.39 is 0 Å². The molecule has 2 aliphatic carbocycles. The molecule has 2 aromatic carbocycles. The van der Waals surface area contributed by atoms with Crippen molar-refractivity contribution in [3.05, 3.63) is 64.1 Å². The first-order chi connectivity index (χ1) is 12.6. The molecule has 0 spiro atoms. The number of rotatable bonds is 2. The molecule has 0 N–H and O–H groups in total. The van der Waals surface area contributed by atoms with Crippen molar-refractivity contribution in [3.8, 4) is 0 Å². The maximum Gasteiger partial charge on any atom is 0.238 e. The number of carbonyl (C=O) groups is 2. The average Bonchev–Trinajstić information content (AvgIpc) is 3.29. The molecule has 132 valence electrons. The summed E-state index contributed by atoms with van der Waals surface area (Å²) in [6, 6.07) is 16.2. The van der Waals surface area contributed by atoms with E-state index in [1.807, 2.05) is 31.2 Å². The van der Waals surface area contributed by atoms with Crippen molar-refractivity contribution in [3.63, 3.8) is 0 Å². The fraction of sp³-hybridized carbons (Fsp3) is 0.364. The quantitative estimate of drug-likeness (QED) is 0.674. The molecule has 5 atom stereocenters. The Balaban J connectivity index is 1.51. The van der Waals surface area contributed by atoms with E-state index in [0.29, 0.717) is 17.8 Å². The Morgan fingerprint density at radius 2 is 1.69 bits per heavy atom. The molecule has 4 heteroatoms. The van der Waals surface area contributed by atoms with Crippen LogP contribution in [0.2, 0.25) is 0 Å². The minimum Gasteiger partial charge on any atom is -0.274 e. The summed E-state index contributed by atoms with van der Waals surface area (Å²) in [7, 11) is 0. The maximum absolute atomic E-state index is 13.3. The number of hydrogen-bond donors (Lipinski definition) is 0. The molecule has 3 nitrogen and oxygen atoms in total. The summed E-state index contributed by atoms with van der Waals surface area (Å²) in [4.78, 5) is 27.9. The number of amides is 2. The first-order valence-corrected chi connectivity index (χ1v) is 10.0. The van der Waals surface area contributed by atoms with E-state index in [1.165, 1.54) is 10.5 Å². The van der Waals surface area contributed by atoms with Gasteiger partial charge in [0.1, 0.15) is 0 Å². The number of imide groups is 1. The summed E-state index contributed by atoms with van der Waals surface area (Å²) in [5.74, 6) is 0.815. The van der Waals surface area contributed by atoms with Crippen molar-refractivity contribution < 1.29 is 9.59 Å². The zero-order chi connectivity index (χ0) is 18.0. The predicted octanol–water partition coefficient (Wildman–Crippen LogP) is 4.69. The van der Waals surface area contributed by atoms with Gasteiger partial charge in [0.25, 0.3) is 0 Å². The predicted molar refractivity (Wildman–Crippen MR) is 104 cm³/mol. The second-order valence-corrected chi connectivity index (χ2v) is 8.82. The molecule has 3 fully saturated rings. The van der Waals surface area contributed by atoms with Crippen LogP contribution < -0.4 is 4.90 Å². The normalized spacial score (nSPS) is 32.4. The van der Waals surface area contributed by atoms with Crippen molar-refractivity contribution in [2.45, 2.75) is 25.7 Å². The molecule has 1 heterocycles. The molecular formula is C22H20BrNO2. The number of aryl methyl sites for hydroxylation is 1. The lowest BCUT2D eigenvalue weighted by atomic mass is 9.73. The van der Waals surface area contributed by atoms with E-state index in [9.17, 15) is 9.59 Å². The lowest BCUT2D eigenvalue weighted by Gasteiger charge is -2.28. The molecule has 26 heavy (non-hydrogen) atoms. The first kappa shape index (κ1) is 16.2. The van der Waals surface area contributed by atoms with Gasteiger partial charge in [0, 0.05) is 4.47 Å². The summed E-state index contributed by atoms with van der Waals surface area (Å²) in [5.41, 5.74) is 3.01. The highest BCUT2D eigenvalue weighted by molar-refractivity contribution is 9.10. The van der Waals surface area contributed by atoms with Crippen molar-refractivity contribution in [2.75, 3.05) is 4.90 Å². The molecular weight excluding hydrogens is 390 g/mol. The van der Waals surface area contributed by atoms with E-state index in [-0.39, 0.29) is 23.7 Å². The minimum atomic E-state index is -0.144. The van der Waals surface area contributed by atoms with Crippen molar-refractivity contribution >= 4 is 33.4 Å².